The van der Waals surface area contributed by atoms with Crippen LogP contribution in [0.25, 0.3) is 0 Å². The number of ether oxygens (including phenoxy) is 1. The number of hydrogen-bond donors (Lipinski definition) is 0. The fraction of sp³-hybridized carbons (Fsp3) is 0.385. The Bertz CT molecular complexity index is 457. The van der Waals surface area contributed by atoms with E-state index < -0.39 is 0 Å². The van der Waals surface area contributed by atoms with Crippen molar-refractivity contribution in [1.29, 1.82) is 0 Å². The summed E-state index contributed by atoms with van der Waals surface area (Å²) in [5, 5.41) is 0. The lowest BCUT2D eigenvalue weighted by atomic mass is 10.1. The zero-order valence-corrected chi connectivity index (χ0v) is 10.1. The minimum Gasteiger partial charge on any atom is -0.481 e. The van der Waals surface area contributed by atoms with Crippen LogP contribution in [0.15, 0.2) is 24.9 Å². The Morgan fingerprint density at radius 1 is 1.65 bits per heavy atom. The third-order valence-electron chi connectivity index (χ3n) is 3.01. The number of aromatic nitrogens is 1. The van der Waals surface area contributed by atoms with E-state index in [4.69, 9.17) is 4.74 Å². The van der Waals surface area contributed by atoms with Gasteiger partial charge in [0, 0.05) is 24.4 Å². The first-order valence-electron chi connectivity index (χ1n) is 5.59. The highest BCUT2D eigenvalue weighted by atomic mass is 16.5. The lowest BCUT2D eigenvalue weighted by molar-refractivity contribution is -0.117. The second-order valence-electron chi connectivity index (χ2n) is 4.22. The highest BCUT2D eigenvalue weighted by molar-refractivity contribution is 5.95. The maximum atomic E-state index is 11.8. The molecule has 0 aromatic carbocycles. The SMILES string of the molecule is C=CC1CC(=O)N(c2cnc(OC)c(C)c2)C1. The number of amides is 1. The van der Waals surface area contributed by atoms with Gasteiger partial charge in [0.25, 0.3) is 0 Å². The third kappa shape index (κ3) is 2.16. The van der Waals surface area contributed by atoms with Gasteiger partial charge in [-0.05, 0) is 13.0 Å². The number of carbonyl (C=O) groups is 1. The molecule has 90 valence electrons. The standard InChI is InChI=1S/C13H16N2O2/c1-4-10-6-12(16)15(8-10)11-5-9(2)13(17-3)14-7-11/h4-5,7,10H,1,6,8H2,2-3H3. The summed E-state index contributed by atoms with van der Waals surface area (Å²) >= 11 is 0. The van der Waals surface area contributed by atoms with Crippen molar-refractivity contribution < 1.29 is 9.53 Å². The van der Waals surface area contributed by atoms with Crippen molar-refractivity contribution in [2.24, 2.45) is 5.92 Å². The fourth-order valence-corrected chi connectivity index (χ4v) is 2.05. The molecule has 1 aliphatic rings. The van der Waals surface area contributed by atoms with E-state index in [-0.39, 0.29) is 11.8 Å². The Balaban J connectivity index is 2.26. The van der Waals surface area contributed by atoms with Crippen molar-refractivity contribution in [3.05, 3.63) is 30.5 Å². The number of methoxy groups -OCH3 is 1. The topological polar surface area (TPSA) is 42.4 Å². The molecule has 2 heterocycles. The molecule has 0 spiro atoms. The van der Waals surface area contributed by atoms with Gasteiger partial charge in [-0.3, -0.25) is 4.79 Å². The zero-order chi connectivity index (χ0) is 12.4. The highest BCUT2D eigenvalue weighted by Crippen LogP contribution is 2.27. The molecule has 1 aromatic rings. The van der Waals surface area contributed by atoms with Gasteiger partial charge in [0.2, 0.25) is 11.8 Å². The molecule has 1 atom stereocenters. The molecule has 4 nitrogen and oxygen atoms in total. The molecule has 1 aromatic heterocycles. The van der Waals surface area contributed by atoms with Gasteiger partial charge in [-0.15, -0.1) is 6.58 Å². The molecular weight excluding hydrogens is 216 g/mol. The second kappa shape index (κ2) is 4.57. The average Bonchev–Trinajstić information content (AvgIpc) is 2.70. The van der Waals surface area contributed by atoms with Gasteiger partial charge < -0.3 is 9.64 Å². The van der Waals surface area contributed by atoms with Crippen molar-refractivity contribution in [1.82, 2.24) is 4.98 Å². The summed E-state index contributed by atoms with van der Waals surface area (Å²) < 4.78 is 5.10. The van der Waals surface area contributed by atoms with Crippen LogP contribution in [-0.4, -0.2) is 24.5 Å². The molecule has 0 N–H and O–H groups in total. The fourth-order valence-electron chi connectivity index (χ4n) is 2.05. The third-order valence-corrected chi connectivity index (χ3v) is 3.01. The van der Waals surface area contributed by atoms with Crippen LogP contribution in [0.5, 0.6) is 5.88 Å². The molecule has 1 amide bonds. The van der Waals surface area contributed by atoms with Crippen LogP contribution in [-0.2, 0) is 4.79 Å². The molecule has 1 saturated heterocycles. The number of anilines is 1. The van der Waals surface area contributed by atoms with Crippen LogP contribution in [0.4, 0.5) is 5.69 Å². The Morgan fingerprint density at radius 2 is 2.41 bits per heavy atom. The average molecular weight is 232 g/mol. The van der Waals surface area contributed by atoms with Crippen molar-refractivity contribution >= 4 is 11.6 Å². The second-order valence-corrected chi connectivity index (χ2v) is 4.22. The van der Waals surface area contributed by atoms with Gasteiger partial charge in [0.15, 0.2) is 0 Å². The van der Waals surface area contributed by atoms with Crippen LogP contribution in [0.1, 0.15) is 12.0 Å². The Kier molecular flexibility index (Phi) is 3.13. The zero-order valence-electron chi connectivity index (χ0n) is 10.1. The summed E-state index contributed by atoms with van der Waals surface area (Å²) in [5.74, 6) is 0.965. The van der Waals surface area contributed by atoms with Crippen LogP contribution in [0.2, 0.25) is 0 Å². The van der Waals surface area contributed by atoms with Crippen molar-refractivity contribution in [2.75, 3.05) is 18.6 Å². The first-order chi connectivity index (χ1) is 8.15. The maximum Gasteiger partial charge on any atom is 0.227 e. The lowest BCUT2D eigenvalue weighted by Gasteiger charge is -2.17. The van der Waals surface area contributed by atoms with Crippen molar-refractivity contribution in [3.63, 3.8) is 0 Å². The van der Waals surface area contributed by atoms with E-state index in [1.807, 2.05) is 19.1 Å². The van der Waals surface area contributed by atoms with Crippen LogP contribution in [0, 0.1) is 12.8 Å². The minimum absolute atomic E-state index is 0.126. The van der Waals surface area contributed by atoms with E-state index in [0.29, 0.717) is 18.8 Å². The number of rotatable bonds is 3. The van der Waals surface area contributed by atoms with Gasteiger partial charge in [-0.25, -0.2) is 4.98 Å². The number of pyridine rings is 1. The van der Waals surface area contributed by atoms with Gasteiger partial charge in [-0.2, -0.15) is 0 Å². The van der Waals surface area contributed by atoms with E-state index in [1.165, 1.54) is 0 Å². The number of carbonyl (C=O) groups excluding carboxylic acids is 1. The first kappa shape index (κ1) is 11.6. The first-order valence-corrected chi connectivity index (χ1v) is 5.59. The Hall–Kier alpha value is -1.84. The summed E-state index contributed by atoms with van der Waals surface area (Å²) in [6.45, 7) is 6.34. The number of aryl methyl sites for hydroxylation is 1. The monoisotopic (exact) mass is 232 g/mol. The maximum absolute atomic E-state index is 11.8. The molecule has 0 saturated carbocycles. The van der Waals surface area contributed by atoms with Crippen LogP contribution in [0.3, 0.4) is 0 Å². The molecule has 17 heavy (non-hydrogen) atoms. The predicted molar refractivity (Wildman–Crippen MR) is 66.2 cm³/mol. The molecule has 1 unspecified atom stereocenters. The molecule has 1 fully saturated rings. The Labute approximate surface area is 101 Å². The molecule has 0 aliphatic carbocycles. The van der Waals surface area contributed by atoms with Gasteiger partial charge in [-0.1, -0.05) is 6.08 Å². The van der Waals surface area contributed by atoms with E-state index in [1.54, 1.807) is 18.2 Å². The number of nitrogens with zero attached hydrogens (tertiary/aromatic N) is 2. The summed E-state index contributed by atoms with van der Waals surface area (Å²) in [6, 6.07) is 1.93. The van der Waals surface area contributed by atoms with Crippen molar-refractivity contribution in [2.45, 2.75) is 13.3 Å². The van der Waals surface area contributed by atoms with E-state index in [0.717, 1.165) is 11.3 Å². The summed E-state index contributed by atoms with van der Waals surface area (Å²) in [7, 11) is 1.59. The molecule has 1 aliphatic heterocycles. The van der Waals surface area contributed by atoms with Gasteiger partial charge >= 0.3 is 0 Å². The lowest BCUT2D eigenvalue weighted by Crippen LogP contribution is -2.24. The predicted octanol–water partition coefficient (Wildman–Crippen LogP) is 1.94. The highest BCUT2D eigenvalue weighted by Gasteiger charge is 2.29. The van der Waals surface area contributed by atoms with E-state index >= 15 is 0 Å². The Morgan fingerprint density at radius 3 is 2.94 bits per heavy atom. The van der Waals surface area contributed by atoms with Crippen LogP contribution >= 0.6 is 0 Å². The quantitative estimate of drug-likeness (QED) is 0.748. The number of hydrogen-bond acceptors (Lipinski definition) is 3. The minimum atomic E-state index is 0.126. The summed E-state index contributed by atoms with van der Waals surface area (Å²) in [6.07, 6.45) is 4.05. The molecule has 0 radical (unpaired) electrons. The largest absolute Gasteiger partial charge is 0.481 e. The van der Waals surface area contributed by atoms with Crippen molar-refractivity contribution in [3.8, 4) is 5.88 Å². The normalized spacial score (nSPS) is 19.5. The molecule has 2 rings (SSSR count). The molecule has 0 bridgehead atoms. The van der Waals surface area contributed by atoms with E-state index in [2.05, 4.69) is 11.6 Å². The van der Waals surface area contributed by atoms with Crippen LogP contribution < -0.4 is 9.64 Å². The molecule has 4 heteroatoms. The van der Waals surface area contributed by atoms with Gasteiger partial charge in [0.05, 0.1) is 19.0 Å². The smallest absolute Gasteiger partial charge is 0.227 e. The molecular formula is C13H16N2O2. The van der Waals surface area contributed by atoms with E-state index in [9.17, 15) is 4.79 Å². The summed E-state index contributed by atoms with van der Waals surface area (Å²) in [5.41, 5.74) is 1.76. The summed E-state index contributed by atoms with van der Waals surface area (Å²) in [4.78, 5) is 17.8. The van der Waals surface area contributed by atoms with Gasteiger partial charge in [0.1, 0.15) is 0 Å².